The van der Waals surface area contributed by atoms with Gasteiger partial charge in [0.15, 0.2) is 0 Å². The number of anilines is 1. The maximum atomic E-state index is 12.8. The van der Waals surface area contributed by atoms with Gasteiger partial charge in [0.2, 0.25) is 5.91 Å². The highest BCUT2D eigenvalue weighted by molar-refractivity contribution is 7.85. The Labute approximate surface area is 188 Å². The Kier molecular flexibility index (Phi) is 6.67. The van der Waals surface area contributed by atoms with Gasteiger partial charge in [-0.1, -0.05) is 18.2 Å². The number of hydrogen-bond donors (Lipinski definition) is 0. The van der Waals surface area contributed by atoms with E-state index < -0.39 is 10.8 Å². The molecule has 1 unspecified atom stereocenters. The van der Waals surface area contributed by atoms with Gasteiger partial charge in [0.25, 0.3) is 0 Å². The van der Waals surface area contributed by atoms with Crippen LogP contribution in [0.5, 0.6) is 11.5 Å². The third kappa shape index (κ3) is 4.80. The second-order valence-electron chi connectivity index (χ2n) is 7.22. The number of amides is 1. The molecule has 0 bridgehead atoms. The molecule has 0 saturated heterocycles. The summed E-state index contributed by atoms with van der Waals surface area (Å²) in [5.74, 6) is 1.51. The molecule has 162 valence electrons. The third-order valence-corrected chi connectivity index (χ3v) is 7.31. The van der Waals surface area contributed by atoms with E-state index in [4.69, 9.17) is 9.47 Å². The maximum Gasteiger partial charge on any atom is 0.239 e. The van der Waals surface area contributed by atoms with Gasteiger partial charge in [0.1, 0.15) is 22.3 Å². The van der Waals surface area contributed by atoms with Crippen molar-refractivity contribution in [2.75, 3.05) is 31.4 Å². The lowest BCUT2D eigenvalue weighted by Gasteiger charge is -2.29. The van der Waals surface area contributed by atoms with E-state index in [9.17, 15) is 9.00 Å². The summed E-state index contributed by atoms with van der Waals surface area (Å²) in [5.41, 5.74) is 3.68. The zero-order chi connectivity index (χ0) is 21.8. The first-order chi connectivity index (χ1) is 15.1. The molecule has 1 amide bonds. The Morgan fingerprint density at radius 2 is 2.03 bits per heavy atom. The predicted octanol–water partition coefficient (Wildman–Crippen LogP) is 4.06. The van der Waals surface area contributed by atoms with Crippen molar-refractivity contribution in [1.29, 1.82) is 0 Å². The van der Waals surface area contributed by atoms with Crippen molar-refractivity contribution in [2.45, 2.75) is 18.6 Å². The quantitative estimate of drug-likeness (QED) is 0.536. The SMILES string of the molecule is COc1ccc(-c2nc(CS(=O)CC(=O)N3CCCc4ccccc43)cs2)c(OC)c1. The highest BCUT2D eigenvalue weighted by Crippen LogP contribution is 2.35. The number of aryl methyl sites for hydroxylation is 1. The van der Waals surface area contributed by atoms with Crippen LogP contribution >= 0.6 is 11.3 Å². The molecule has 0 spiro atoms. The van der Waals surface area contributed by atoms with Crippen LogP contribution in [-0.2, 0) is 27.8 Å². The number of thiazole rings is 1. The number of rotatable bonds is 7. The lowest BCUT2D eigenvalue weighted by atomic mass is 10.0. The standard InChI is InChI=1S/C23H24N2O4S2/c1-28-18-9-10-19(21(12-18)29-2)23-24-17(13-30-23)14-31(27)15-22(26)25-11-5-7-16-6-3-4-8-20(16)25/h3-4,6,8-10,12-13H,5,7,11,14-15H2,1-2H3. The van der Waals surface area contributed by atoms with Crippen molar-refractivity contribution in [3.05, 3.63) is 59.1 Å². The minimum Gasteiger partial charge on any atom is -0.497 e. The molecule has 2 heterocycles. The van der Waals surface area contributed by atoms with Crippen LogP contribution in [0.25, 0.3) is 10.6 Å². The third-order valence-electron chi connectivity index (χ3n) is 5.20. The molecular formula is C23H24N2O4S2. The Hall–Kier alpha value is -2.71. The Balaban J connectivity index is 1.43. The molecule has 1 aromatic heterocycles. The highest BCUT2D eigenvalue weighted by Gasteiger charge is 2.24. The summed E-state index contributed by atoms with van der Waals surface area (Å²) in [4.78, 5) is 19.2. The number of ether oxygens (including phenoxy) is 2. The van der Waals surface area contributed by atoms with Gasteiger partial charge in [-0.3, -0.25) is 9.00 Å². The second-order valence-corrected chi connectivity index (χ2v) is 9.53. The molecule has 1 atom stereocenters. The van der Waals surface area contributed by atoms with Crippen LogP contribution in [0.1, 0.15) is 17.7 Å². The van der Waals surface area contributed by atoms with E-state index in [1.165, 1.54) is 16.9 Å². The van der Waals surface area contributed by atoms with Crippen molar-refractivity contribution >= 4 is 33.7 Å². The van der Waals surface area contributed by atoms with Crippen molar-refractivity contribution in [2.24, 2.45) is 0 Å². The molecule has 31 heavy (non-hydrogen) atoms. The molecule has 6 nitrogen and oxygen atoms in total. The normalized spacial score (nSPS) is 14.1. The molecule has 3 aromatic rings. The van der Waals surface area contributed by atoms with Gasteiger partial charge in [-0.05, 0) is 36.6 Å². The first kappa shape index (κ1) is 21.5. The van der Waals surface area contributed by atoms with E-state index in [1.807, 2.05) is 41.8 Å². The van der Waals surface area contributed by atoms with Gasteiger partial charge >= 0.3 is 0 Å². The monoisotopic (exact) mass is 456 g/mol. The smallest absolute Gasteiger partial charge is 0.239 e. The van der Waals surface area contributed by atoms with E-state index in [-0.39, 0.29) is 17.4 Å². The van der Waals surface area contributed by atoms with Crippen LogP contribution in [0.4, 0.5) is 5.69 Å². The van der Waals surface area contributed by atoms with Gasteiger partial charge in [-0.25, -0.2) is 4.98 Å². The molecule has 4 rings (SSSR count). The first-order valence-electron chi connectivity index (χ1n) is 9.99. The Morgan fingerprint density at radius 1 is 1.19 bits per heavy atom. The minimum atomic E-state index is -1.33. The summed E-state index contributed by atoms with van der Waals surface area (Å²) in [6.45, 7) is 0.672. The van der Waals surface area contributed by atoms with Gasteiger partial charge in [-0.15, -0.1) is 11.3 Å². The summed E-state index contributed by atoms with van der Waals surface area (Å²) >= 11 is 1.46. The van der Waals surface area contributed by atoms with E-state index in [2.05, 4.69) is 11.1 Å². The molecule has 2 aromatic carbocycles. The number of carbonyl (C=O) groups is 1. The fourth-order valence-corrected chi connectivity index (χ4v) is 5.66. The number of aromatic nitrogens is 1. The fourth-order valence-electron chi connectivity index (χ4n) is 3.70. The number of benzene rings is 2. The van der Waals surface area contributed by atoms with Gasteiger partial charge < -0.3 is 14.4 Å². The summed E-state index contributed by atoms with van der Waals surface area (Å²) in [6.07, 6.45) is 1.90. The number of para-hydroxylation sites is 1. The number of fused-ring (bicyclic) bond motifs is 1. The van der Waals surface area contributed by atoms with Crippen molar-refractivity contribution in [1.82, 2.24) is 4.98 Å². The second kappa shape index (κ2) is 9.62. The lowest BCUT2D eigenvalue weighted by molar-refractivity contribution is -0.116. The Bertz CT molecular complexity index is 1110. The molecule has 1 aliphatic rings. The number of hydrogen-bond acceptors (Lipinski definition) is 6. The van der Waals surface area contributed by atoms with Gasteiger partial charge in [-0.2, -0.15) is 0 Å². The van der Waals surface area contributed by atoms with Crippen molar-refractivity contribution in [3.8, 4) is 22.1 Å². The average molecular weight is 457 g/mol. The summed E-state index contributed by atoms with van der Waals surface area (Å²) < 4.78 is 23.4. The minimum absolute atomic E-state index is 0.00689. The zero-order valence-electron chi connectivity index (χ0n) is 17.5. The maximum absolute atomic E-state index is 12.8. The van der Waals surface area contributed by atoms with Crippen LogP contribution in [0.15, 0.2) is 47.8 Å². The topological polar surface area (TPSA) is 68.7 Å². The molecule has 0 saturated carbocycles. The fraction of sp³-hybridized carbons (Fsp3) is 0.304. The van der Waals surface area contributed by atoms with Crippen molar-refractivity contribution < 1.29 is 18.5 Å². The molecule has 0 N–H and O–H groups in total. The van der Waals surface area contributed by atoms with Gasteiger partial charge in [0, 0.05) is 34.5 Å². The van der Waals surface area contributed by atoms with E-state index in [0.717, 1.165) is 29.1 Å². The van der Waals surface area contributed by atoms with Crippen LogP contribution in [0.2, 0.25) is 0 Å². The summed E-state index contributed by atoms with van der Waals surface area (Å²) in [7, 11) is 1.88. The first-order valence-corrected chi connectivity index (χ1v) is 12.4. The van der Waals surface area contributed by atoms with Crippen LogP contribution in [0, 0.1) is 0 Å². The number of methoxy groups -OCH3 is 2. The zero-order valence-corrected chi connectivity index (χ0v) is 19.1. The largest absolute Gasteiger partial charge is 0.497 e. The van der Waals surface area contributed by atoms with Crippen LogP contribution in [0.3, 0.4) is 0 Å². The van der Waals surface area contributed by atoms with E-state index in [0.29, 0.717) is 23.7 Å². The number of carbonyl (C=O) groups excluding carboxylic acids is 1. The lowest BCUT2D eigenvalue weighted by Crippen LogP contribution is -2.38. The molecular weight excluding hydrogens is 432 g/mol. The molecule has 0 radical (unpaired) electrons. The Morgan fingerprint density at radius 3 is 2.84 bits per heavy atom. The molecule has 8 heteroatoms. The van der Waals surface area contributed by atoms with E-state index >= 15 is 0 Å². The van der Waals surface area contributed by atoms with E-state index in [1.54, 1.807) is 19.1 Å². The number of nitrogens with zero attached hydrogens (tertiary/aromatic N) is 2. The molecule has 1 aliphatic heterocycles. The summed E-state index contributed by atoms with van der Waals surface area (Å²) in [6, 6.07) is 13.5. The summed E-state index contributed by atoms with van der Waals surface area (Å²) in [5, 5.41) is 2.67. The highest BCUT2D eigenvalue weighted by atomic mass is 32.2. The predicted molar refractivity (Wildman–Crippen MR) is 124 cm³/mol. The molecule has 0 fully saturated rings. The average Bonchev–Trinajstić information content (AvgIpc) is 3.26. The van der Waals surface area contributed by atoms with Crippen molar-refractivity contribution in [3.63, 3.8) is 0 Å². The molecule has 0 aliphatic carbocycles. The van der Waals surface area contributed by atoms with Crippen LogP contribution < -0.4 is 14.4 Å². The van der Waals surface area contributed by atoms with Crippen LogP contribution in [-0.4, -0.2) is 41.6 Å². The van der Waals surface area contributed by atoms with Gasteiger partial charge in [0.05, 0.1) is 31.2 Å².